The number of imidazole rings is 1. The zero-order valence-electron chi connectivity index (χ0n) is 15.9. The standard InChI is InChI=1S/C18H21N7O3/c1-10-6-11(2)8-12(7-10)23-4-5-24-14-15(20-17(23)24)22(3)18(28)25(16(14)27)9-13(26)21-19/h6-8H,4-5,9,19H2,1-3H3,(H,21,26). The van der Waals surface area contributed by atoms with Crippen LogP contribution in [0.15, 0.2) is 27.8 Å². The number of hydrogen-bond acceptors (Lipinski definition) is 6. The van der Waals surface area contributed by atoms with Gasteiger partial charge in [0.15, 0.2) is 11.2 Å². The van der Waals surface area contributed by atoms with Gasteiger partial charge in [0.2, 0.25) is 5.95 Å². The van der Waals surface area contributed by atoms with Crippen LogP contribution in [0.1, 0.15) is 11.1 Å². The Balaban J connectivity index is 1.93. The lowest BCUT2D eigenvalue weighted by atomic mass is 10.1. The summed E-state index contributed by atoms with van der Waals surface area (Å²) in [7, 11) is 1.53. The molecule has 3 N–H and O–H groups in total. The largest absolute Gasteiger partial charge is 0.332 e. The lowest BCUT2D eigenvalue weighted by molar-refractivity contribution is -0.121. The fraction of sp³-hybridized carbons (Fsp3) is 0.333. The van der Waals surface area contributed by atoms with E-state index in [2.05, 4.69) is 23.2 Å². The number of amides is 1. The molecule has 0 bridgehead atoms. The van der Waals surface area contributed by atoms with Crippen molar-refractivity contribution >= 4 is 28.7 Å². The van der Waals surface area contributed by atoms with Gasteiger partial charge < -0.3 is 9.47 Å². The van der Waals surface area contributed by atoms with Crippen LogP contribution in [-0.4, -0.2) is 31.1 Å². The zero-order chi connectivity index (χ0) is 20.2. The number of aromatic nitrogens is 4. The molecular formula is C18H21N7O3. The van der Waals surface area contributed by atoms with Crippen LogP contribution in [0.3, 0.4) is 0 Å². The Kier molecular flexibility index (Phi) is 4.07. The number of carbonyl (C=O) groups is 1. The summed E-state index contributed by atoms with van der Waals surface area (Å²) >= 11 is 0. The predicted molar refractivity (Wildman–Crippen MR) is 104 cm³/mol. The van der Waals surface area contributed by atoms with Crippen LogP contribution in [0.2, 0.25) is 0 Å². The Morgan fingerprint density at radius 1 is 1.18 bits per heavy atom. The third kappa shape index (κ3) is 2.61. The molecule has 1 amide bonds. The minimum Gasteiger partial charge on any atom is -0.310 e. The first-order valence-electron chi connectivity index (χ1n) is 8.87. The van der Waals surface area contributed by atoms with Crippen LogP contribution in [0, 0.1) is 13.8 Å². The van der Waals surface area contributed by atoms with Gasteiger partial charge >= 0.3 is 5.69 Å². The number of nitrogens with one attached hydrogen (secondary N) is 1. The van der Waals surface area contributed by atoms with E-state index in [4.69, 9.17) is 5.84 Å². The monoisotopic (exact) mass is 383 g/mol. The molecule has 28 heavy (non-hydrogen) atoms. The molecule has 0 aliphatic carbocycles. The van der Waals surface area contributed by atoms with Gasteiger partial charge in [0.1, 0.15) is 6.54 Å². The Morgan fingerprint density at radius 3 is 2.50 bits per heavy atom. The highest BCUT2D eigenvalue weighted by molar-refractivity contribution is 5.79. The van der Waals surface area contributed by atoms with Gasteiger partial charge in [-0.25, -0.2) is 15.2 Å². The number of rotatable bonds is 3. The van der Waals surface area contributed by atoms with Crippen molar-refractivity contribution in [1.82, 2.24) is 24.1 Å². The number of fused-ring (bicyclic) bond motifs is 3. The van der Waals surface area contributed by atoms with Gasteiger partial charge in [-0.15, -0.1) is 0 Å². The molecule has 2 aromatic heterocycles. The van der Waals surface area contributed by atoms with E-state index in [1.807, 2.05) is 24.2 Å². The topological polar surface area (TPSA) is 120 Å². The number of hydrogen-bond donors (Lipinski definition) is 2. The second-order valence-corrected chi connectivity index (χ2v) is 7.03. The lowest BCUT2D eigenvalue weighted by Gasteiger charge is -2.17. The minimum atomic E-state index is -0.628. The molecule has 10 heteroatoms. The Labute approximate surface area is 159 Å². The Morgan fingerprint density at radius 2 is 1.86 bits per heavy atom. The van der Waals surface area contributed by atoms with Gasteiger partial charge in [-0.2, -0.15) is 4.98 Å². The van der Waals surface area contributed by atoms with Gasteiger partial charge in [-0.1, -0.05) is 6.07 Å². The molecule has 3 heterocycles. The molecule has 1 aromatic carbocycles. The molecular weight excluding hydrogens is 362 g/mol. The molecule has 146 valence electrons. The molecule has 1 aliphatic rings. The average Bonchev–Trinajstić information content (AvgIpc) is 3.21. The van der Waals surface area contributed by atoms with Crippen LogP contribution < -0.4 is 27.4 Å². The number of carbonyl (C=O) groups excluding carboxylic acids is 1. The van der Waals surface area contributed by atoms with E-state index in [0.29, 0.717) is 30.2 Å². The molecule has 0 spiro atoms. The summed E-state index contributed by atoms with van der Waals surface area (Å²) < 4.78 is 3.95. The fourth-order valence-electron chi connectivity index (χ4n) is 3.76. The summed E-state index contributed by atoms with van der Waals surface area (Å²) in [6, 6.07) is 6.21. The number of benzene rings is 1. The first-order valence-corrected chi connectivity index (χ1v) is 8.87. The van der Waals surface area contributed by atoms with Crippen LogP contribution in [0.4, 0.5) is 11.6 Å². The van der Waals surface area contributed by atoms with E-state index < -0.39 is 23.7 Å². The van der Waals surface area contributed by atoms with Gasteiger partial charge in [0.05, 0.1) is 0 Å². The molecule has 0 unspecified atom stereocenters. The number of anilines is 2. The van der Waals surface area contributed by atoms with Crippen molar-refractivity contribution in [3.63, 3.8) is 0 Å². The van der Waals surface area contributed by atoms with Crippen LogP contribution in [-0.2, 0) is 24.9 Å². The summed E-state index contributed by atoms with van der Waals surface area (Å²) in [6.07, 6.45) is 0. The molecule has 10 nitrogen and oxygen atoms in total. The van der Waals surface area contributed by atoms with Crippen LogP contribution in [0.5, 0.6) is 0 Å². The molecule has 0 atom stereocenters. The highest BCUT2D eigenvalue weighted by atomic mass is 16.2. The summed E-state index contributed by atoms with van der Waals surface area (Å²) in [4.78, 5) is 43.8. The zero-order valence-corrected chi connectivity index (χ0v) is 15.9. The lowest BCUT2D eigenvalue weighted by Crippen LogP contribution is -2.44. The summed E-state index contributed by atoms with van der Waals surface area (Å²) in [5.74, 6) is 5.08. The first kappa shape index (κ1) is 18.0. The molecule has 0 saturated carbocycles. The van der Waals surface area contributed by atoms with E-state index in [0.717, 1.165) is 21.4 Å². The normalized spacial score (nSPS) is 13.2. The second kappa shape index (κ2) is 6.34. The number of nitrogens with two attached hydrogens (primary N) is 1. The fourth-order valence-corrected chi connectivity index (χ4v) is 3.76. The minimum absolute atomic E-state index is 0.295. The summed E-state index contributed by atoms with van der Waals surface area (Å²) in [6.45, 7) is 4.82. The SMILES string of the molecule is Cc1cc(C)cc(N2CCn3c2nc2c3c(=O)n(CC(=O)NN)c(=O)n2C)c1. The van der Waals surface area contributed by atoms with Crippen molar-refractivity contribution in [2.24, 2.45) is 12.9 Å². The maximum absolute atomic E-state index is 13.0. The number of aryl methyl sites for hydroxylation is 3. The van der Waals surface area contributed by atoms with Crippen molar-refractivity contribution in [2.75, 3.05) is 11.4 Å². The summed E-state index contributed by atoms with van der Waals surface area (Å²) in [5, 5.41) is 0. The van der Waals surface area contributed by atoms with Crippen molar-refractivity contribution in [3.8, 4) is 0 Å². The van der Waals surface area contributed by atoms with Crippen LogP contribution in [0.25, 0.3) is 11.2 Å². The van der Waals surface area contributed by atoms with E-state index in [9.17, 15) is 14.4 Å². The second-order valence-electron chi connectivity index (χ2n) is 7.03. The van der Waals surface area contributed by atoms with Crippen molar-refractivity contribution < 1.29 is 4.79 Å². The maximum atomic E-state index is 13.0. The third-order valence-electron chi connectivity index (χ3n) is 4.98. The molecule has 0 saturated heterocycles. The first-order chi connectivity index (χ1) is 13.3. The molecule has 3 aromatic rings. The van der Waals surface area contributed by atoms with Gasteiger partial charge in [-0.3, -0.25) is 19.6 Å². The average molecular weight is 383 g/mol. The van der Waals surface area contributed by atoms with E-state index >= 15 is 0 Å². The predicted octanol–water partition coefficient (Wildman–Crippen LogP) is -0.345. The van der Waals surface area contributed by atoms with Gasteiger partial charge in [-0.05, 0) is 37.1 Å². The summed E-state index contributed by atoms with van der Waals surface area (Å²) in [5.41, 5.74) is 4.62. The van der Waals surface area contributed by atoms with Gasteiger partial charge in [0, 0.05) is 25.8 Å². The smallest absolute Gasteiger partial charge is 0.310 e. The highest BCUT2D eigenvalue weighted by Crippen LogP contribution is 2.32. The van der Waals surface area contributed by atoms with E-state index in [-0.39, 0.29) is 0 Å². The highest BCUT2D eigenvalue weighted by Gasteiger charge is 2.29. The third-order valence-corrected chi connectivity index (χ3v) is 4.98. The van der Waals surface area contributed by atoms with Crippen molar-refractivity contribution in [3.05, 3.63) is 50.2 Å². The Hall–Kier alpha value is -3.40. The van der Waals surface area contributed by atoms with Crippen molar-refractivity contribution in [2.45, 2.75) is 26.9 Å². The molecule has 4 rings (SSSR count). The molecule has 0 fully saturated rings. The number of hydrazine groups is 1. The Bertz CT molecular complexity index is 1210. The quantitative estimate of drug-likeness (QED) is 0.363. The number of nitrogens with zero attached hydrogens (tertiary/aromatic N) is 5. The van der Waals surface area contributed by atoms with E-state index in [1.165, 1.54) is 11.6 Å². The van der Waals surface area contributed by atoms with Crippen molar-refractivity contribution in [1.29, 1.82) is 0 Å². The van der Waals surface area contributed by atoms with Crippen LogP contribution >= 0.6 is 0 Å². The van der Waals surface area contributed by atoms with Gasteiger partial charge in [0.25, 0.3) is 11.5 Å². The maximum Gasteiger partial charge on any atom is 0.332 e. The molecule has 1 aliphatic heterocycles. The van der Waals surface area contributed by atoms with E-state index in [1.54, 1.807) is 4.57 Å². The molecule has 0 radical (unpaired) electrons.